The van der Waals surface area contributed by atoms with E-state index in [-0.39, 0.29) is 0 Å². The number of hydrogen-bond acceptors (Lipinski definition) is 7. The van der Waals surface area contributed by atoms with E-state index in [4.69, 9.17) is 10.7 Å². The zero-order valence-electron chi connectivity index (χ0n) is 15.0. The minimum Gasteiger partial charge on any atom is -0.374 e. The van der Waals surface area contributed by atoms with Crippen molar-refractivity contribution in [2.45, 2.75) is 32.2 Å². The average molecular weight is 397 g/mol. The molecule has 5 rings (SSSR count). The van der Waals surface area contributed by atoms with Gasteiger partial charge in [-0.15, -0.1) is 21.5 Å². The summed E-state index contributed by atoms with van der Waals surface area (Å²) in [4.78, 5) is 10.8. The van der Waals surface area contributed by atoms with E-state index in [1.807, 2.05) is 12.3 Å². The monoisotopic (exact) mass is 396 g/mol. The molecule has 138 valence electrons. The van der Waals surface area contributed by atoms with Gasteiger partial charge >= 0.3 is 0 Å². The molecule has 1 aliphatic heterocycles. The van der Waals surface area contributed by atoms with E-state index in [2.05, 4.69) is 44.5 Å². The minimum absolute atomic E-state index is 0.485. The summed E-state index contributed by atoms with van der Waals surface area (Å²) in [5, 5.41) is 13.8. The van der Waals surface area contributed by atoms with E-state index in [1.54, 1.807) is 11.3 Å². The molecule has 1 aromatic carbocycles. The Morgan fingerprint density at radius 3 is 3.00 bits per heavy atom. The summed E-state index contributed by atoms with van der Waals surface area (Å²) in [6.45, 7) is 3.40. The van der Waals surface area contributed by atoms with Crippen molar-refractivity contribution >= 4 is 43.8 Å². The molecule has 1 fully saturated rings. The third kappa shape index (κ3) is 2.98. The molecule has 0 unspecified atom stereocenters. The molecule has 6 nitrogen and oxygen atoms in total. The van der Waals surface area contributed by atoms with Gasteiger partial charge in [-0.2, -0.15) is 0 Å². The highest BCUT2D eigenvalue weighted by Gasteiger charge is 2.22. The van der Waals surface area contributed by atoms with Gasteiger partial charge in [0.2, 0.25) is 5.13 Å². The van der Waals surface area contributed by atoms with Crippen LogP contribution in [0.4, 0.5) is 10.3 Å². The molecule has 1 aliphatic rings. The largest absolute Gasteiger partial charge is 0.374 e. The summed E-state index contributed by atoms with van der Waals surface area (Å²) in [6.07, 6.45) is 5.86. The van der Waals surface area contributed by atoms with Crippen molar-refractivity contribution in [3.8, 4) is 21.8 Å². The summed E-state index contributed by atoms with van der Waals surface area (Å²) in [5.41, 5.74) is 10.00. The number of H-pyrrole nitrogens is 1. The molecule has 8 heteroatoms. The van der Waals surface area contributed by atoms with E-state index >= 15 is 0 Å². The lowest BCUT2D eigenvalue weighted by Gasteiger charge is -2.33. The lowest BCUT2D eigenvalue weighted by Crippen LogP contribution is -2.37. The van der Waals surface area contributed by atoms with Gasteiger partial charge in [0.25, 0.3) is 0 Å². The first-order chi connectivity index (χ1) is 13.2. The third-order valence-corrected chi connectivity index (χ3v) is 6.87. The molecule has 4 aromatic rings. The molecule has 0 radical (unpaired) electrons. The SMILES string of the molecule is C[C@@H]1CCCCN1c1nc(-c2c[nH]c3ccc(-c4nnc(N)s4)cc23)cs1. The van der Waals surface area contributed by atoms with Crippen molar-refractivity contribution in [3.05, 3.63) is 29.8 Å². The fourth-order valence-corrected chi connectivity index (χ4v) is 5.28. The smallest absolute Gasteiger partial charge is 0.203 e. The first-order valence-corrected chi connectivity index (χ1v) is 10.8. The van der Waals surface area contributed by atoms with Gasteiger partial charge in [-0.1, -0.05) is 11.3 Å². The van der Waals surface area contributed by atoms with E-state index in [0.29, 0.717) is 11.2 Å². The number of hydrogen-bond donors (Lipinski definition) is 2. The van der Waals surface area contributed by atoms with Gasteiger partial charge in [0.05, 0.1) is 5.69 Å². The van der Waals surface area contributed by atoms with Gasteiger partial charge in [-0.05, 0) is 44.4 Å². The Kier molecular flexibility index (Phi) is 4.09. The van der Waals surface area contributed by atoms with E-state index in [9.17, 15) is 0 Å². The van der Waals surface area contributed by atoms with Crippen molar-refractivity contribution in [1.29, 1.82) is 0 Å². The highest BCUT2D eigenvalue weighted by molar-refractivity contribution is 7.18. The first kappa shape index (κ1) is 16.7. The number of nitrogens with zero attached hydrogens (tertiary/aromatic N) is 4. The quantitative estimate of drug-likeness (QED) is 0.521. The van der Waals surface area contributed by atoms with Crippen molar-refractivity contribution in [1.82, 2.24) is 20.2 Å². The van der Waals surface area contributed by atoms with Crippen molar-refractivity contribution in [3.63, 3.8) is 0 Å². The minimum atomic E-state index is 0.485. The molecule has 1 atom stereocenters. The molecule has 0 amide bonds. The van der Waals surface area contributed by atoms with Crippen LogP contribution < -0.4 is 10.6 Å². The van der Waals surface area contributed by atoms with Crippen molar-refractivity contribution in [2.75, 3.05) is 17.2 Å². The number of nitrogens with one attached hydrogen (secondary N) is 1. The molecule has 0 aliphatic carbocycles. The summed E-state index contributed by atoms with van der Waals surface area (Å²) in [5.74, 6) is 0. The zero-order chi connectivity index (χ0) is 18.4. The van der Waals surface area contributed by atoms with Crippen LogP contribution in [0.3, 0.4) is 0 Å². The van der Waals surface area contributed by atoms with Gasteiger partial charge in [0, 0.05) is 46.2 Å². The molecule has 3 N–H and O–H groups in total. The summed E-state index contributed by atoms with van der Waals surface area (Å²) in [7, 11) is 0. The normalized spacial score (nSPS) is 17.7. The summed E-state index contributed by atoms with van der Waals surface area (Å²) in [6, 6.07) is 6.83. The van der Waals surface area contributed by atoms with Crippen LogP contribution in [0, 0.1) is 0 Å². The number of aromatic amines is 1. The fraction of sp³-hybridized carbons (Fsp3) is 0.316. The Hall–Kier alpha value is -2.45. The molecule has 27 heavy (non-hydrogen) atoms. The Bertz CT molecular complexity index is 1090. The van der Waals surface area contributed by atoms with Gasteiger partial charge in [-0.25, -0.2) is 4.98 Å². The lowest BCUT2D eigenvalue weighted by atomic mass is 10.0. The predicted octanol–water partition coefficient (Wildman–Crippen LogP) is 4.77. The van der Waals surface area contributed by atoms with E-state index < -0.39 is 0 Å². The predicted molar refractivity (Wildman–Crippen MR) is 113 cm³/mol. The standard InChI is InChI=1S/C19H20N6S2/c1-11-4-2-3-7-25(11)19-22-16(10-26-19)14-9-21-15-6-5-12(8-13(14)15)17-23-24-18(20)27-17/h5-6,8-11,21H,2-4,7H2,1H3,(H2,20,24)/t11-/m1/s1. The number of benzene rings is 1. The zero-order valence-corrected chi connectivity index (χ0v) is 16.6. The van der Waals surface area contributed by atoms with Crippen molar-refractivity contribution in [2.24, 2.45) is 0 Å². The van der Waals surface area contributed by atoms with Crippen LogP contribution in [0.5, 0.6) is 0 Å². The number of piperidine rings is 1. The van der Waals surface area contributed by atoms with Crippen LogP contribution in [-0.4, -0.2) is 32.8 Å². The highest BCUT2D eigenvalue weighted by atomic mass is 32.1. The third-order valence-electron chi connectivity index (χ3n) is 5.19. The molecular formula is C19H20N6S2. The molecule has 0 bridgehead atoms. The Morgan fingerprint density at radius 2 is 2.19 bits per heavy atom. The van der Waals surface area contributed by atoms with Crippen LogP contribution in [-0.2, 0) is 0 Å². The van der Waals surface area contributed by atoms with Gasteiger partial charge in [0.15, 0.2) is 5.13 Å². The Balaban J connectivity index is 1.53. The van der Waals surface area contributed by atoms with E-state index in [1.165, 1.54) is 30.6 Å². The van der Waals surface area contributed by atoms with Crippen LogP contribution in [0.15, 0.2) is 29.8 Å². The second-order valence-electron chi connectivity index (χ2n) is 6.96. The maximum absolute atomic E-state index is 5.74. The van der Waals surface area contributed by atoms with Gasteiger partial charge in [0.1, 0.15) is 5.01 Å². The number of fused-ring (bicyclic) bond motifs is 1. The van der Waals surface area contributed by atoms with Crippen molar-refractivity contribution < 1.29 is 0 Å². The topological polar surface area (TPSA) is 83.7 Å². The number of rotatable bonds is 3. The first-order valence-electron chi connectivity index (χ1n) is 9.12. The van der Waals surface area contributed by atoms with Gasteiger partial charge in [-0.3, -0.25) is 0 Å². The Morgan fingerprint density at radius 1 is 1.26 bits per heavy atom. The lowest BCUT2D eigenvalue weighted by molar-refractivity contribution is 0.484. The van der Waals surface area contributed by atoms with Crippen LogP contribution >= 0.6 is 22.7 Å². The number of anilines is 2. The summed E-state index contributed by atoms with van der Waals surface area (Å²) >= 11 is 3.14. The number of thiazole rings is 1. The maximum Gasteiger partial charge on any atom is 0.203 e. The molecular weight excluding hydrogens is 376 g/mol. The number of nitrogens with two attached hydrogens (primary N) is 1. The number of nitrogen functional groups attached to an aromatic ring is 1. The van der Waals surface area contributed by atoms with E-state index in [0.717, 1.165) is 44.4 Å². The van der Waals surface area contributed by atoms with Gasteiger partial charge < -0.3 is 15.6 Å². The second kappa shape index (κ2) is 6.61. The second-order valence-corrected chi connectivity index (χ2v) is 8.81. The Labute approximate surface area is 165 Å². The number of aromatic nitrogens is 4. The molecule has 3 aromatic heterocycles. The summed E-state index contributed by atoms with van der Waals surface area (Å²) < 4.78 is 0. The maximum atomic E-state index is 5.74. The van der Waals surface area contributed by atoms with Crippen LogP contribution in [0.2, 0.25) is 0 Å². The van der Waals surface area contributed by atoms with Crippen LogP contribution in [0.25, 0.3) is 32.7 Å². The van der Waals surface area contributed by atoms with Crippen LogP contribution in [0.1, 0.15) is 26.2 Å². The molecule has 0 saturated carbocycles. The average Bonchev–Trinajstić information content (AvgIpc) is 3.40. The fourth-order valence-electron chi connectivity index (χ4n) is 3.72. The highest BCUT2D eigenvalue weighted by Crippen LogP contribution is 2.36. The molecule has 0 spiro atoms. The molecule has 1 saturated heterocycles. The molecule has 4 heterocycles.